The molecule has 3 heteroatoms. The van der Waals surface area contributed by atoms with Crippen molar-refractivity contribution in [2.45, 2.75) is 57.5 Å². The zero-order valence-corrected chi connectivity index (χ0v) is 12.2. The van der Waals surface area contributed by atoms with Gasteiger partial charge in [-0.2, -0.15) is 0 Å². The maximum atomic E-state index is 12.6. The fourth-order valence-electron chi connectivity index (χ4n) is 3.57. The molecule has 1 heterocycles. The number of anilines is 1. The Labute approximate surface area is 120 Å². The van der Waals surface area contributed by atoms with Gasteiger partial charge in [0.05, 0.1) is 12.0 Å². The first-order valence-electron chi connectivity index (χ1n) is 7.70. The molecular formula is C17H23NO2. The van der Waals surface area contributed by atoms with Gasteiger partial charge in [-0.05, 0) is 44.2 Å². The molecule has 20 heavy (non-hydrogen) atoms. The third kappa shape index (κ3) is 2.59. The first-order chi connectivity index (χ1) is 9.57. The molecule has 0 saturated heterocycles. The number of hydrogen-bond donors (Lipinski definition) is 1. The Morgan fingerprint density at radius 3 is 2.80 bits per heavy atom. The van der Waals surface area contributed by atoms with Crippen LogP contribution in [0.1, 0.15) is 49.7 Å². The van der Waals surface area contributed by atoms with Gasteiger partial charge in [-0.15, -0.1) is 0 Å². The highest BCUT2D eigenvalue weighted by atomic mass is 16.3. The van der Waals surface area contributed by atoms with E-state index in [0.29, 0.717) is 0 Å². The van der Waals surface area contributed by atoms with Crippen molar-refractivity contribution in [3.8, 4) is 0 Å². The van der Waals surface area contributed by atoms with Crippen LogP contribution in [0.3, 0.4) is 0 Å². The normalized spacial score (nSPS) is 20.8. The van der Waals surface area contributed by atoms with E-state index in [2.05, 4.69) is 25.1 Å². The van der Waals surface area contributed by atoms with Crippen molar-refractivity contribution >= 4 is 11.6 Å². The van der Waals surface area contributed by atoms with Gasteiger partial charge in [0.25, 0.3) is 0 Å². The average molecular weight is 273 g/mol. The first kappa shape index (κ1) is 13.6. The highest BCUT2D eigenvalue weighted by Crippen LogP contribution is 2.35. The summed E-state index contributed by atoms with van der Waals surface area (Å²) in [5, 5.41) is 10.4. The van der Waals surface area contributed by atoms with Crippen LogP contribution in [0.25, 0.3) is 0 Å². The van der Waals surface area contributed by atoms with Crippen molar-refractivity contribution in [1.29, 1.82) is 0 Å². The van der Waals surface area contributed by atoms with Crippen molar-refractivity contribution < 1.29 is 9.90 Å². The van der Waals surface area contributed by atoms with Crippen LogP contribution >= 0.6 is 0 Å². The van der Waals surface area contributed by atoms with Gasteiger partial charge in [-0.25, -0.2) is 0 Å². The van der Waals surface area contributed by atoms with Crippen LogP contribution in [0.5, 0.6) is 0 Å². The molecule has 1 fully saturated rings. The molecule has 0 spiro atoms. The third-order valence-corrected chi connectivity index (χ3v) is 4.67. The van der Waals surface area contributed by atoms with E-state index in [0.717, 1.165) is 50.8 Å². The molecule has 2 aliphatic rings. The van der Waals surface area contributed by atoms with Crippen LogP contribution in [-0.2, 0) is 11.2 Å². The number of hydrogen-bond acceptors (Lipinski definition) is 2. The number of carbonyl (C=O) groups excluding carboxylic acids is 1. The van der Waals surface area contributed by atoms with Gasteiger partial charge in [0.15, 0.2) is 0 Å². The van der Waals surface area contributed by atoms with Gasteiger partial charge in [0, 0.05) is 12.2 Å². The molecule has 0 radical (unpaired) electrons. The molecule has 0 atom stereocenters. The highest BCUT2D eigenvalue weighted by Gasteiger charge is 2.35. The Hall–Kier alpha value is -1.35. The minimum Gasteiger partial charge on any atom is -0.389 e. The molecule has 1 saturated carbocycles. The number of benzene rings is 1. The predicted octanol–water partition coefficient (Wildman–Crippen LogP) is 2.97. The summed E-state index contributed by atoms with van der Waals surface area (Å²) in [6.07, 6.45) is 5.96. The van der Waals surface area contributed by atoms with Crippen LogP contribution in [0.4, 0.5) is 5.69 Å². The van der Waals surface area contributed by atoms with Gasteiger partial charge >= 0.3 is 0 Å². The van der Waals surface area contributed by atoms with Crippen molar-refractivity contribution in [3.63, 3.8) is 0 Å². The predicted molar refractivity (Wildman–Crippen MR) is 79.9 cm³/mol. The fourth-order valence-corrected chi connectivity index (χ4v) is 3.57. The maximum absolute atomic E-state index is 12.6. The van der Waals surface area contributed by atoms with Crippen LogP contribution in [0.2, 0.25) is 0 Å². The van der Waals surface area contributed by atoms with E-state index in [9.17, 15) is 9.90 Å². The zero-order valence-electron chi connectivity index (χ0n) is 12.2. The van der Waals surface area contributed by atoms with E-state index in [1.165, 1.54) is 11.1 Å². The van der Waals surface area contributed by atoms with E-state index >= 15 is 0 Å². The average Bonchev–Trinajstić information content (AvgIpc) is 2.84. The number of nitrogens with zero attached hydrogens (tertiary/aromatic N) is 1. The fraction of sp³-hybridized carbons (Fsp3) is 0.588. The molecule has 1 aliphatic heterocycles. The van der Waals surface area contributed by atoms with Gasteiger partial charge in [-0.1, -0.05) is 30.5 Å². The molecule has 1 aliphatic carbocycles. The standard InChI is InChI=1S/C17H23NO2/c1-13-6-7-15-14(11-13)5-4-10-18(15)16(19)12-17(20)8-2-3-9-17/h6-7,11,20H,2-5,8-10,12H2,1H3. The molecule has 1 amide bonds. The zero-order chi connectivity index (χ0) is 14.2. The van der Waals surface area contributed by atoms with Gasteiger partial charge in [0.1, 0.15) is 0 Å². The number of amides is 1. The molecule has 1 aromatic rings. The Kier molecular flexibility index (Phi) is 3.55. The quantitative estimate of drug-likeness (QED) is 0.900. The molecular weight excluding hydrogens is 250 g/mol. The lowest BCUT2D eigenvalue weighted by Gasteiger charge is -2.32. The summed E-state index contributed by atoms with van der Waals surface area (Å²) in [4.78, 5) is 14.5. The van der Waals surface area contributed by atoms with Crippen molar-refractivity contribution in [2.75, 3.05) is 11.4 Å². The summed E-state index contributed by atoms with van der Waals surface area (Å²) < 4.78 is 0. The monoisotopic (exact) mass is 273 g/mol. The van der Waals surface area contributed by atoms with E-state index in [4.69, 9.17) is 0 Å². The number of fused-ring (bicyclic) bond motifs is 1. The Bertz CT molecular complexity index is 518. The van der Waals surface area contributed by atoms with Crippen molar-refractivity contribution in [3.05, 3.63) is 29.3 Å². The third-order valence-electron chi connectivity index (χ3n) is 4.67. The van der Waals surface area contributed by atoms with Crippen molar-refractivity contribution in [1.82, 2.24) is 0 Å². The Morgan fingerprint density at radius 2 is 2.05 bits per heavy atom. The highest BCUT2D eigenvalue weighted by molar-refractivity contribution is 5.95. The second kappa shape index (κ2) is 5.21. The lowest BCUT2D eigenvalue weighted by molar-refractivity contribution is -0.123. The van der Waals surface area contributed by atoms with Crippen LogP contribution in [-0.4, -0.2) is 23.2 Å². The molecule has 1 aromatic carbocycles. The first-order valence-corrected chi connectivity index (χ1v) is 7.70. The molecule has 3 nitrogen and oxygen atoms in total. The Balaban J connectivity index is 1.80. The molecule has 3 rings (SSSR count). The van der Waals surface area contributed by atoms with E-state index in [1.807, 2.05) is 4.90 Å². The van der Waals surface area contributed by atoms with E-state index in [1.54, 1.807) is 0 Å². The van der Waals surface area contributed by atoms with Crippen LogP contribution < -0.4 is 4.90 Å². The Morgan fingerprint density at radius 1 is 1.30 bits per heavy atom. The van der Waals surface area contributed by atoms with Gasteiger partial charge in [0.2, 0.25) is 5.91 Å². The maximum Gasteiger partial charge on any atom is 0.229 e. The smallest absolute Gasteiger partial charge is 0.229 e. The summed E-state index contributed by atoms with van der Waals surface area (Å²) >= 11 is 0. The SMILES string of the molecule is Cc1ccc2c(c1)CCCN2C(=O)CC1(O)CCCC1. The van der Waals surface area contributed by atoms with Crippen LogP contribution in [0.15, 0.2) is 18.2 Å². The minimum atomic E-state index is -0.751. The molecule has 1 N–H and O–H groups in total. The number of carbonyl (C=O) groups is 1. The van der Waals surface area contributed by atoms with Crippen molar-refractivity contribution in [2.24, 2.45) is 0 Å². The summed E-state index contributed by atoms with van der Waals surface area (Å²) in [7, 11) is 0. The minimum absolute atomic E-state index is 0.0826. The topological polar surface area (TPSA) is 40.5 Å². The summed E-state index contributed by atoms with van der Waals surface area (Å²) in [6, 6.07) is 6.30. The largest absolute Gasteiger partial charge is 0.389 e. The van der Waals surface area contributed by atoms with E-state index in [-0.39, 0.29) is 12.3 Å². The molecule has 108 valence electrons. The van der Waals surface area contributed by atoms with E-state index < -0.39 is 5.60 Å². The summed E-state index contributed by atoms with van der Waals surface area (Å²) in [6.45, 7) is 2.87. The number of rotatable bonds is 2. The summed E-state index contributed by atoms with van der Waals surface area (Å²) in [5.41, 5.74) is 2.81. The lowest BCUT2D eigenvalue weighted by atomic mass is 9.95. The molecule has 0 unspecified atom stereocenters. The number of aryl methyl sites for hydroxylation is 2. The molecule has 0 aromatic heterocycles. The summed E-state index contributed by atoms with van der Waals surface area (Å²) in [5.74, 6) is 0.0826. The number of aliphatic hydroxyl groups is 1. The second-order valence-corrected chi connectivity index (χ2v) is 6.39. The molecule has 0 bridgehead atoms. The van der Waals surface area contributed by atoms with Gasteiger partial charge < -0.3 is 10.0 Å². The second-order valence-electron chi connectivity index (χ2n) is 6.39. The lowest BCUT2D eigenvalue weighted by Crippen LogP contribution is -2.40. The van der Waals surface area contributed by atoms with Crippen LogP contribution in [0, 0.1) is 6.92 Å². The van der Waals surface area contributed by atoms with Gasteiger partial charge in [-0.3, -0.25) is 4.79 Å².